The molecule has 0 aliphatic heterocycles. The third-order valence-corrected chi connectivity index (χ3v) is 2.38. The van der Waals surface area contributed by atoms with Crippen LogP contribution in [0.1, 0.15) is 25.0 Å². The molecule has 1 aromatic carbocycles. The molecule has 98 valence electrons. The van der Waals surface area contributed by atoms with Crippen LogP contribution in [0.5, 0.6) is 0 Å². The summed E-state index contributed by atoms with van der Waals surface area (Å²) in [5.74, 6) is 0. The molecule has 1 atom stereocenters. The van der Waals surface area contributed by atoms with Gasteiger partial charge in [0.05, 0.1) is 5.56 Å². The van der Waals surface area contributed by atoms with Crippen molar-refractivity contribution in [3.05, 3.63) is 35.4 Å². The molecule has 0 saturated heterocycles. The van der Waals surface area contributed by atoms with Gasteiger partial charge in [-0.3, -0.25) is 0 Å². The lowest BCUT2D eigenvalue weighted by molar-refractivity contribution is -0.137. The second-order valence-electron chi connectivity index (χ2n) is 3.86. The van der Waals surface area contributed by atoms with Gasteiger partial charge in [-0.05, 0) is 37.6 Å². The van der Waals surface area contributed by atoms with Gasteiger partial charge in [0, 0.05) is 6.04 Å². The van der Waals surface area contributed by atoms with Crippen molar-refractivity contribution in [2.24, 2.45) is 0 Å². The zero-order valence-electron chi connectivity index (χ0n) is 9.84. The fourth-order valence-corrected chi connectivity index (χ4v) is 1.60. The van der Waals surface area contributed by atoms with Crippen molar-refractivity contribution in [2.45, 2.75) is 32.5 Å². The van der Waals surface area contributed by atoms with Crippen molar-refractivity contribution < 1.29 is 13.2 Å². The highest BCUT2D eigenvalue weighted by Crippen LogP contribution is 2.29. The highest BCUT2D eigenvalue weighted by Gasteiger charge is 2.29. The standard InChI is InChI=1S/C12H16F3N.ClH/c1-3-16-9(2)8-10-4-6-11(7-5-10)12(13,14)15;/h4-7,9,16H,3,8H2,1-2H3;1H. The van der Waals surface area contributed by atoms with Crippen LogP contribution in [0.4, 0.5) is 13.2 Å². The van der Waals surface area contributed by atoms with Gasteiger partial charge >= 0.3 is 6.18 Å². The Morgan fingerprint density at radius 2 is 1.71 bits per heavy atom. The summed E-state index contributed by atoms with van der Waals surface area (Å²) in [5.41, 5.74) is 0.328. The number of rotatable bonds is 4. The number of likely N-dealkylation sites (N-methyl/N-ethyl adjacent to an activating group) is 1. The number of halogens is 4. The van der Waals surface area contributed by atoms with Crippen molar-refractivity contribution in [3.8, 4) is 0 Å². The van der Waals surface area contributed by atoms with E-state index in [4.69, 9.17) is 0 Å². The van der Waals surface area contributed by atoms with Crippen LogP contribution < -0.4 is 5.32 Å². The molecule has 1 rings (SSSR count). The van der Waals surface area contributed by atoms with Gasteiger partial charge in [0.15, 0.2) is 0 Å². The predicted molar refractivity (Wildman–Crippen MR) is 65.5 cm³/mol. The van der Waals surface area contributed by atoms with E-state index in [2.05, 4.69) is 5.32 Å². The van der Waals surface area contributed by atoms with E-state index in [1.54, 1.807) is 0 Å². The fourth-order valence-electron chi connectivity index (χ4n) is 1.60. The lowest BCUT2D eigenvalue weighted by atomic mass is 10.1. The summed E-state index contributed by atoms with van der Waals surface area (Å²) in [6.45, 7) is 4.88. The SMILES string of the molecule is CCNC(C)Cc1ccc(C(F)(F)F)cc1.Cl. The summed E-state index contributed by atoms with van der Waals surface area (Å²) < 4.78 is 36.9. The molecule has 0 amide bonds. The molecule has 17 heavy (non-hydrogen) atoms. The maximum atomic E-state index is 12.3. The van der Waals surface area contributed by atoms with Crippen LogP contribution in [0.15, 0.2) is 24.3 Å². The summed E-state index contributed by atoms with van der Waals surface area (Å²) in [6, 6.07) is 5.62. The minimum Gasteiger partial charge on any atom is -0.314 e. The third kappa shape index (κ3) is 5.41. The van der Waals surface area contributed by atoms with Crippen molar-refractivity contribution >= 4 is 12.4 Å². The number of alkyl halides is 3. The van der Waals surface area contributed by atoms with Crippen LogP contribution in [0.3, 0.4) is 0 Å². The molecule has 0 aliphatic rings. The molecule has 0 fully saturated rings. The molecule has 0 aliphatic carbocycles. The van der Waals surface area contributed by atoms with Crippen LogP contribution in [0, 0.1) is 0 Å². The highest BCUT2D eigenvalue weighted by atomic mass is 35.5. The molecule has 1 unspecified atom stereocenters. The van der Waals surface area contributed by atoms with Crippen LogP contribution in [-0.2, 0) is 12.6 Å². The molecule has 1 nitrogen and oxygen atoms in total. The van der Waals surface area contributed by atoms with E-state index in [1.807, 2.05) is 13.8 Å². The monoisotopic (exact) mass is 267 g/mol. The van der Waals surface area contributed by atoms with Crippen LogP contribution in [-0.4, -0.2) is 12.6 Å². The Labute approximate surface area is 106 Å². The first kappa shape index (κ1) is 16.3. The zero-order valence-corrected chi connectivity index (χ0v) is 10.7. The van der Waals surface area contributed by atoms with Gasteiger partial charge in [-0.2, -0.15) is 13.2 Å². The fraction of sp³-hybridized carbons (Fsp3) is 0.500. The lowest BCUT2D eigenvalue weighted by Crippen LogP contribution is -2.27. The molecule has 0 aromatic heterocycles. The smallest absolute Gasteiger partial charge is 0.314 e. The topological polar surface area (TPSA) is 12.0 Å². The van der Waals surface area contributed by atoms with Crippen molar-refractivity contribution in [3.63, 3.8) is 0 Å². The van der Waals surface area contributed by atoms with E-state index < -0.39 is 11.7 Å². The van der Waals surface area contributed by atoms with E-state index in [1.165, 1.54) is 12.1 Å². The molecule has 1 N–H and O–H groups in total. The second kappa shape index (κ2) is 6.87. The largest absolute Gasteiger partial charge is 0.416 e. The molecule has 0 radical (unpaired) electrons. The van der Waals surface area contributed by atoms with E-state index in [-0.39, 0.29) is 18.4 Å². The number of hydrogen-bond donors (Lipinski definition) is 1. The Balaban J connectivity index is 0.00000256. The highest BCUT2D eigenvalue weighted by molar-refractivity contribution is 5.85. The molecule has 5 heteroatoms. The molecule has 0 saturated carbocycles. The van der Waals surface area contributed by atoms with Gasteiger partial charge in [0.2, 0.25) is 0 Å². The summed E-state index contributed by atoms with van der Waals surface area (Å²) in [7, 11) is 0. The van der Waals surface area contributed by atoms with E-state index in [9.17, 15) is 13.2 Å². The van der Waals surface area contributed by atoms with Crippen molar-refractivity contribution in [2.75, 3.05) is 6.54 Å². The predicted octanol–water partition coefficient (Wildman–Crippen LogP) is 3.67. The van der Waals surface area contributed by atoms with Gasteiger partial charge in [-0.15, -0.1) is 12.4 Å². The first-order valence-electron chi connectivity index (χ1n) is 5.33. The lowest BCUT2D eigenvalue weighted by Gasteiger charge is -2.13. The van der Waals surface area contributed by atoms with Crippen LogP contribution in [0.2, 0.25) is 0 Å². The molecular formula is C12H17ClF3N. The van der Waals surface area contributed by atoms with Crippen LogP contribution in [0.25, 0.3) is 0 Å². The summed E-state index contributed by atoms with van der Waals surface area (Å²) in [4.78, 5) is 0. The first-order chi connectivity index (χ1) is 7.43. The number of benzene rings is 1. The Morgan fingerprint density at radius 3 is 2.12 bits per heavy atom. The quantitative estimate of drug-likeness (QED) is 0.878. The normalized spacial score (nSPS) is 13.0. The Bertz CT molecular complexity index is 322. The van der Waals surface area contributed by atoms with Crippen LogP contribution >= 0.6 is 12.4 Å². The minimum absolute atomic E-state index is 0. The molecule has 0 spiro atoms. The average Bonchev–Trinajstić information content (AvgIpc) is 2.17. The minimum atomic E-state index is -4.24. The van der Waals surface area contributed by atoms with Gasteiger partial charge in [0.1, 0.15) is 0 Å². The average molecular weight is 268 g/mol. The first-order valence-corrected chi connectivity index (χ1v) is 5.33. The number of nitrogens with one attached hydrogen (secondary N) is 1. The van der Waals surface area contributed by atoms with Gasteiger partial charge in [0.25, 0.3) is 0 Å². The summed E-state index contributed by atoms with van der Waals surface area (Å²) in [6.07, 6.45) is -3.50. The Kier molecular flexibility index (Phi) is 6.57. The zero-order chi connectivity index (χ0) is 12.2. The maximum absolute atomic E-state index is 12.3. The van der Waals surface area contributed by atoms with Crippen molar-refractivity contribution in [1.82, 2.24) is 5.32 Å². The summed E-state index contributed by atoms with van der Waals surface area (Å²) >= 11 is 0. The maximum Gasteiger partial charge on any atom is 0.416 e. The molecular weight excluding hydrogens is 251 g/mol. The van der Waals surface area contributed by atoms with E-state index in [0.717, 1.165) is 30.7 Å². The van der Waals surface area contributed by atoms with E-state index >= 15 is 0 Å². The van der Waals surface area contributed by atoms with Gasteiger partial charge in [-0.1, -0.05) is 19.1 Å². The molecule has 0 heterocycles. The second-order valence-corrected chi connectivity index (χ2v) is 3.86. The number of hydrogen-bond acceptors (Lipinski definition) is 1. The third-order valence-electron chi connectivity index (χ3n) is 2.38. The van der Waals surface area contributed by atoms with Crippen molar-refractivity contribution in [1.29, 1.82) is 0 Å². The Hall–Kier alpha value is -0.740. The van der Waals surface area contributed by atoms with Gasteiger partial charge < -0.3 is 5.32 Å². The van der Waals surface area contributed by atoms with E-state index in [0.29, 0.717) is 0 Å². The van der Waals surface area contributed by atoms with Gasteiger partial charge in [-0.25, -0.2) is 0 Å². The Morgan fingerprint density at radius 1 is 1.18 bits per heavy atom. The molecule has 0 bridgehead atoms. The summed E-state index contributed by atoms with van der Waals surface area (Å²) in [5, 5.41) is 3.22. The molecule has 1 aromatic rings.